The van der Waals surface area contributed by atoms with Crippen LogP contribution in [0.25, 0.3) is 11.5 Å². The summed E-state index contributed by atoms with van der Waals surface area (Å²) in [5.74, 6) is 0.442. The number of anilines is 1. The normalized spacial score (nSPS) is 10.6. The first kappa shape index (κ1) is 20.6. The van der Waals surface area contributed by atoms with Gasteiger partial charge in [-0.15, -0.1) is 10.2 Å². The lowest BCUT2D eigenvalue weighted by Crippen LogP contribution is -2.15. The van der Waals surface area contributed by atoms with Crippen molar-refractivity contribution in [2.75, 3.05) is 5.32 Å². The molecule has 4 rings (SSSR count). The molecule has 0 aliphatic carbocycles. The molecule has 1 heterocycles. The van der Waals surface area contributed by atoms with Crippen LogP contribution in [0.4, 0.5) is 10.1 Å². The van der Waals surface area contributed by atoms with Gasteiger partial charge in [0.05, 0.1) is 6.42 Å². The number of ether oxygens (including phenoxy) is 1. The number of nitrogens with zero attached hydrogens (tertiary/aromatic N) is 2. The number of hydrogen-bond donors (Lipinski definition) is 1. The Hall–Kier alpha value is -3.71. The maximum absolute atomic E-state index is 13.7. The molecule has 4 aromatic rings. The van der Waals surface area contributed by atoms with E-state index in [2.05, 4.69) is 15.5 Å². The van der Waals surface area contributed by atoms with Crippen molar-refractivity contribution >= 4 is 23.2 Å². The number of benzene rings is 3. The Morgan fingerprint density at radius 1 is 1.03 bits per heavy atom. The van der Waals surface area contributed by atoms with Gasteiger partial charge >= 0.3 is 0 Å². The summed E-state index contributed by atoms with van der Waals surface area (Å²) in [6.45, 7) is 0.0627. The molecule has 0 unspecified atom stereocenters. The van der Waals surface area contributed by atoms with Gasteiger partial charge in [0, 0.05) is 22.3 Å². The molecule has 0 fully saturated rings. The van der Waals surface area contributed by atoms with Gasteiger partial charge in [0.2, 0.25) is 11.8 Å². The Balaban J connectivity index is 1.35. The van der Waals surface area contributed by atoms with E-state index in [4.69, 9.17) is 20.8 Å². The highest BCUT2D eigenvalue weighted by molar-refractivity contribution is 6.30. The molecule has 31 heavy (non-hydrogen) atoms. The average molecular weight is 438 g/mol. The lowest BCUT2D eigenvalue weighted by Gasteiger charge is -2.08. The van der Waals surface area contributed by atoms with E-state index in [0.29, 0.717) is 33.8 Å². The Morgan fingerprint density at radius 2 is 1.84 bits per heavy atom. The standard InChI is InChI=1S/C23H17ClFN3O3/c24-17-10-8-15(9-11-17)23-28-27-22(31-23)14-30-19-6-3-5-18(13-19)26-21(29)12-16-4-1-2-7-20(16)25/h1-11,13H,12,14H2,(H,26,29). The number of amides is 1. The zero-order valence-electron chi connectivity index (χ0n) is 16.2. The third-order valence-corrected chi connectivity index (χ3v) is 4.60. The molecule has 0 spiro atoms. The molecule has 1 amide bonds. The van der Waals surface area contributed by atoms with Crippen LogP contribution in [0, 0.1) is 5.82 Å². The zero-order valence-corrected chi connectivity index (χ0v) is 17.0. The summed E-state index contributed by atoms with van der Waals surface area (Å²) in [6.07, 6.45) is -0.0623. The largest absolute Gasteiger partial charge is 0.484 e. The Morgan fingerprint density at radius 3 is 2.65 bits per heavy atom. The van der Waals surface area contributed by atoms with Crippen molar-refractivity contribution in [1.29, 1.82) is 0 Å². The number of hydrogen-bond acceptors (Lipinski definition) is 5. The summed E-state index contributed by atoms with van der Waals surface area (Å²) in [7, 11) is 0. The smallest absolute Gasteiger partial charge is 0.254 e. The fraction of sp³-hybridized carbons (Fsp3) is 0.0870. The zero-order chi connectivity index (χ0) is 21.6. The summed E-state index contributed by atoms with van der Waals surface area (Å²) < 4.78 is 25.0. The maximum Gasteiger partial charge on any atom is 0.254 e. The molecule has 156 valence electrons. The third-order valence-electron chi connectivity index (χ3n) is 4.35. The van der Waals surface area contributed by atoms with Crippen molar-refractivity contribution in [1.82, 2.24) is 10.2 Å². The van der Waals surface area contributed by atoms with Crippen molar-refractivity contribution in [3.8, 4) is 17.2 Å². The van der Waals surface area contributed by atoms with Gasteiger partial charge in [-0.3, -0.25) is 4.79 Å². The van der Waals surface area contributed by atoms with Crippen LogP contribution in [0.3, 0.4) is 0 Å². The predicted molar refractivity (Wildman–Crippen MR) is 114 cm³/mol. The van der Waals surface area contributed by atoms with Gasteiger partial charge in [-0.05, 0) is 48.0 Å². The van der Waals surface area contributed by atoms with Gasteiger partial charge in [-0.1, -0.05) is 35.9 Å². The molecule has 0 aliphatic rings. The number of halogens is 2. The Labute approximate surface area is 182 Å². The van der Waals surface area contributed by atoms with E-state index in [1.54, 1.807) is 66.7 Å². The molecule has 0 saturated heterocycles. The molecule has 0 radical (unpaired) electrons. The van der Waals surface area contributed by atoms with Crippen molar-refractivity contribution in [3.63, 3.8) is 0 Å². The number of carbonyl (C=O) groups is 1. The second-order valence-corrected chi connectivity index (χ2v) is 7.08. The fourth-order valence-electron chi connectivity index (χ4n) is 2.85. The predicted octanol–water partition coefficient (Wildman–Crippen LogP) is 5.29. The minimum atomic E-state index is -0.410. The number of aromatic nitrogens is 2. The molecule has 0 atom stereocenters. The summed E-state index contributed by atoms with van der Waals surface area (Å²) in [6, 6.07) is 20.1. The first-order valence-corrected chi connectivity index (χ1v) is 9.79. The lowest BCUT2D eigenvalue weighted by molar-refractivity contribution is -0.115. The van der Waals surface area contributed by atoms with Crippen molar-refractivity contribution in [2.24, 2.45) is 0 Å². The molecular formula is C23H17ClFN3O3. The van der Waals surface area contributed by atoms with Crippen LogP contribution < -0.4 is 10.1 Å². The lowest BCUT2D eigenvalue weighted by atomic mass is 10.1. The summed E-state index contributed by atoms with van der Waals surface area (Å²) in [5.41, 5.74) is 1.62. The number of rotatable bonds is 7. The molecule has 1 aromatic heterocycles. The molecule has 1 N–H and O–H groups in total. The van der Waals surface area contributed by atoms with Crippen LogP contribution in [0.1, 0.15) is 11.5 Å². The monoisotopic (exact) mass is 437 g/mol. The van der Waals surface area contributed by atoms with Gasteiger partial charge in [-0.25, -0.2) is 4.39 Å². The Kier molecular flexibility index (Phi) is 6.24. The quantitative estimate of drug-likeness (QED) is 0.425. The van der Waals surface area contributed by atoms with E-state index in [-0.39, 0.29) is 18.9 Å². The first-order valence-electron chi connectivity index (χ1n) is 9.41. The molecule has 6 nitrogen and oxygen atoms in total. The van der Waals surface area contributed by atoms with E-state index in [9.17, 15) is 9.18 Å². The van der Waals surface area contributed by atoms with Crippen LogP contribution in [0.5, 0.6) is 5.75 Å². The second-order valence-electron chi connectivity index (χ2n) is 6.64. The molecule has 0 saturated carbocycles. The minimum absolute atomic E-state index is 0.0623. The van der Waals surface area contributed by atoms with E-state index < -0.39 is 5.82 Å². The van der Waals surface area contributed by atoms with Crippen LogP contribution in [0.15, 0.2) is 77.2 Å². The SMILES string of the molecule is O=C(Cc1ccccc1F)Nc1cccc(OCc2nnc(-c3ccc(Cl)cc3)o2)c1. The van der Waals surface area contributed by atoms with E-state index in [1.165, 1.54) is 6.07 Å². The van der Waals surface area contributed by atoms with Crippen molar-refractivity contribution in [2.45, 2.75) is 13.0 Å². The maximum atomic E-state index is 13.7. The molecule has 8 heteroatoms. The molecule has 3 aromatic carbocycles. The summed E-state index contributed by atoms with van der Waals surface area (Å²) in [5, 5.41) is 11.3. The van der Waals surface area contributed by atoms with Crippen molar-refractivity contribution in [3.05, 3.63) is 95.1 Å². The fourth-order valence-corrected chi connectivity index (χ4v) is 2.98. The van der Waals surface area contributed by atoms with E-state index in [0.717, 1.165) is 5.56 Å². The Bertz CT molecular complexity index is 1190. The van der Waals surface area contributed by atoms with Crippen molar-refractivity contribution < 1.29 is 18.3 Å². The second kappa shape index (κ2) is 9.40. The van der Waals surface area contributed by atoms with E-state index >= 15 is 0 Å². The highest BCUT2D eigenvalue weighted by Crippen LogP contribution is 2.22. The molecule has 0 bridgehead atoms. The third kappa shape index (κ3) is 5.46. The average Bonchev–Trinajstić information content (AvgIpc) is 3.24. The molecule has 0 aliphatic heterocycles. The van der Waals surface area contributed by atoms with Gasteiger partial charge in [0.1, 0.15) is 11.6 Å². The van der Waals surface area contributed by atoms with Gasteiger partial charge in [-0.2, -0.15) is 0 Å². The van der Waals surface area contributed by atoms with Crippen LogP contribution in [-0.2, 0) is 17.8 Å². The van der Waals surface area contributed by atoms with Crippen LogP contribution in [0.2, 0.25) is 5.02 Å². The van der Waals surface area contributed by atoms with Gasteiger partial charge < -0.3 is 14.5 Å². The van der Waals surface area contributed by atoms with Crippen LogP contribution >= 0.6 is 11.6 Å². The highest BCUT2D eigenvalue weighted by atomic mass is 35.5. The topological polar surface area (TPSA) is 77.2 Å². The first-order chi connectivity index (χ1) is 15.1. The van der Waals surface area contributed by atoms with Gasteiger partial charge in [0.15, 0.2) is 6.61 Å². The van der Waals surface area contributed by atoms with Crippen LogP contribution in [-0.4, -0.2) is 16.1 Å². The number of carbonyl (C=O) groups excluding carboxylic acids is 1. The minimum Gasteiger partial charge on any atom is -0.484 e. The van der Waals surface area contributed by atoms with E-state index in [1.807, 2.05) is 0 Å². The number of nitrogens with one attached hydrogen (secondary N) is 1. The summed E-state index contributed by atoms with van der Waals surface area (Å²) in [4.78, 5) is 12.2. The highest BCUT2D eigenvalue weighted by Gasteiger charge is 2.11. The summed E-state index contributed by atoms with van der Waals surface area (Å²) >= 11 is 5.88. The molecular weight excluding hydrogens is 421 g/mol. The van der Waals surface area contributed by atoms with Gasteiger partial charge in [0.25, 0.3) is 5.89 Å².